The fourth-order valence-corrected chi connectivity index (χ4v) is 3.98. The van der Waals surface area contributed by atoms with Crippen molar-refractivity contribution in [2.75, 3.05) is 0 Å². The predicted octanol–water partition coefficient (Wildman–Crippen LogP) is 3.79. The monoisotopic (exact) mass is 416 g/mol. The van der Waals surface area contributed by atoms with Crippen LogP contribution in [0, 0.1) is 11.8 Å². The lowest BCUT2D eigenvalue weighted by Crippen LogP contribution is -2.53. The first kappa shape index (κ1) is 26.2. The van der Waals surface area contributed by atoms with E-state index in [1.165, 1.54) is 11.1 Å². The molecule has 0 fully saturated rings. The minimum Gasteiger partial charge on any atom is -0.449 e. The highest BCUT2D eigenvalue weighted by atomic mass is 16.2. The number of hydrogen-bond donors (Lipinski definition) is 3. The van der Waals surface area contributed by atoms with Gasteiger partial charge in [-0.15, -0.1) is 0 Å². The summed E-state index contributed by atoms with van der Waals surface area (Å²) in [6.45, 7) is 11.1. The van der Waals surface area contributed by atoms with Crippen molar-refractivity contribution < 1.29 is 14.6 Å². The Balaban J connectivity index is 0.00000218. The van der Waals surface area contributed by atoms with Crippen LogP contribution in [0.5, 0.6) is 0 Å². The van der Waals surface area contributed by atoms with Crippen molar-refractivity contribution in [3.05, 3.63) is 35.4 Å². The average Bonchev–Trinajstić information content (AvgIpc) is 2.72. The molecule has 5 nitrogen and oxygen atoms in total. The Hall–Kier alpha value is -1.82. The summed E-state index contributed by atoms with van der Waals surface area (Å²) in [4.78, 5) is 25.2. The standard InChI is InChI=1S/C22H35BN2O3.C2H6/c1-5-19(22(27)25-20(23(4)28)12-15(2)3)24-21(26)14-16-10-11-17-8-6-7-9-18(17)13-16;1-2/h6-9,15-16,19-20,28H,5,10-14H2,1-4H3,(H,24,26)(H,25,27);1-2H3. The largest absolute Gasteiger partial charge is 0.449 e. The van der Waals surface area contributed by atoms with Crippen LogP contribution in [0.3, 0.4) is 0 Å². The van der Waals surface area contributed by atoms with Gasteiger partial charge in [-0.2, -0.15) is 0 Å². The van der Waals surface area contributed by atoms with Crippen LogP contribution in [0.2, 0.25) is 6.82 Å². The summed E-state index contributed by atoms with van der Waals surface area (Å²) < 4.78 is 0. The Morgan fingerprint density at radius 1 is 1.17 bits per heavy atom. The van der Waals surface area contributed by atoms with Crippen molar-refractivity contribution in [3.63, 3.8) is 0 Å². The third-order valence-corrected chi connectivity index (χ3v) is 5.62. The van der Waals surface area contributed by atoms with Gasteiger partial charge in [-0.25, -0.2) is 0 Å². The Morgan fingerprint density at radius 2 is 1.80 bits per heavy atom. The van der Waals surface area contributed by atoms with E-state index in [4.69, 9.17) is 0 Å². The number of rotatable bonds is 9. The fraction of sp³-hybridized carbons (Fsp3) is 0.667. The van der Waals surface area contributed by atoms with Crippen LogP contribution in [-0.2, 0) is 22.4 Å². The smallest absolute Gasteiger partial charge is 0.308 e. The van der Waals surface area contributed by atoms with Gasteiger partial charge < -0.3 is 15.7 Å². The second kappa shape index (κ2) is 13.5. The minimum absolute atomic E-state index is 0.0659. The van der Waals surface area contributed by atoms with Gasteiger partial charge in [0.25, 0.3) is 0 Å². The lowest BCUT2D eigenvalue weighted by Gasteiger charge is -2.26. The van der Waals surface area contributed by atoms with E-state index in [-0.39, 0.29) is 17.8 Å². The summed E-state index contributed by atoms with van der Waals surface area (Å²) in [5, 5.41) is 15.8. The molecule has 1 aromatic rings. The molecule has 0 bridgehead atoms. The van der Waals surface area contributed by atoms with Gasteiger partial charge in [0.1, 0.15) is 6.04 Å². The molecule has 0 saturated carbocycles. The zero-order chi connectivity index (χ0) is 22.7. The lowest BCUT2D eigenvalue weighted by molar-refractivity contribution is -0.129. The fourth-order valence-electron chi connectivity index (χ4n) is 3.98. The molecule has 0 aromatic heterocycles. The molecule has 1 aliphatic carbocycles. The molecule has 3 unspecified atom stereocenters. The van der Waals surface area contributed by atoms with Crippen LogP contribution in [0.1, 0.15) is 71.4 Å². The number of nitrogens with one attached hydrogen (secondary N) is 2. The van der Waals surface area contributed by atoms with Crippen LogP contribution in [0.4, 0.5) is 0 Å². The first-order valence-corrected chi connectivity index (χ1v) is 11.6. The molecule has 3 N–H and O–H groups in total. The van der Waals surface area contributed by atoms with E-state index < -0.39 is 13.0 Å². The van der Waals surface area contributed by atoms with Gasteiger partial charge in [0, 0.05) is 12.4 Å². The molecule has 2 amide bonds. The molecule has 0 saturated heterocycles. The molecule has 1 aliphatic rings. The number of fused-ring (bicyclic) bond motifs is 1. The highest BCUT2D eigenvalue weighted by molar-refractivity contribution is 6.51. The Bertz CT molecular complexity index is 664. The first-order valence-electron chi connectivity index (χ1n) is 11.6. The number of aryl methyl sites for hydroxylation is 1. The lowest BCUT2D eigenvalue weighted by atomic mass is 9.61. The van der Waals surface area contributed by atoms with E-state index >= 15 is 0 Å². The number of benzene rings is 1. The van der Waals surface area contributed by atoms with Crippen molar-refractivity contribution in [2.45, 2.75) is 91.9 Å². The third-order valence-electron chi connectivity index (χ3n) is 5.62. The van der Waals surface area contributed by atoms with Crippen molar-refractivity contribution >= 4 is 18.7 Å². The number of carbonyl (C=O) groups excluding carboxylic acids is 2. The zero-order valence-corrected chi connectivity index (χ0v) is 19.7. The molecular formula is C24H41BN2O3. The molecule has 168 valence electrons. The Morgan fingerprint density at radius 3 is 2.37 bits per heavy atom. The molecule has 30 heavy (non-hydrogen) atoms. The Labute approximate surface area is 183 Å². The normalized spacial score (nSPS) is 17.1. The summed E-state index contributed by atoms with van der Waals surface area (Å²) in [6.07, 6.45) is 4.62. The molecule has 0 aliphatic heterocycles. The van der Waals surface area contributed by atoms with Crippen molar-refractivity contribution in [1.82, 2.24) is 10.6 Å². The third kappa shape index (κ3) is 8.51. The van der Waals surface area contributed by atoms with Crippen molar-refractivity contribution in [3.8, 4) is 0 Å². The van der Waals surface area contributed by atoms with Crippen LogP contribution in [0.15, 0.2) is 24.3 Å². The van der Waals surface area contributed by atoms with Gasteiger partial charge in [-0.05, 0) is 55.1 Å². The Kier molecular flexibility index (Phi) is 11.8. The minimum atomic E-state index is -0.623. The van der Waals surface area contributed by atoms with E-state index in [0.29, 0.717) is 31.1 Å². The summed E-state index contributed by atoms with van der Waals surface area (Å²) >= 11 is 0. The second-order valence-corrected chi connectivity index (χ2v) is 8.60. The highest BCUT2D eigenvalue weighted by Gasteiger charge is 2.28. The highest BCUT2D eigenvalue weighted by Crippen LogP contribution is 2.27. The van der Waals surface area contributed by atoms with Gasteiger partial charge in [-0.3, -0.25) is 9.59 Å². The van der Waals surface area contributed by atoms with E-state index in [9.17, 15) is 14.6 Å². The predicted molar refractivity (Wildman–Crippen MR) is 125 cm³/mol. The van der Waals surface area contributed by atoms with Gasteiger partial charge in [0.05, 0.1) is 0 Å². The van der Waals surface area contributed by atoms with E-state index in [1.54, 1.807) is 6.82 Å². The molecule has 1 aromatic carbocycles. The van der Waals surface area contributed by atoms with Gasteiger partial charge >= 0.3 is 6.92 Å². The first-order chi connectivity index (χ1) is 14.3. The zero-order valence-electron chi connectivity index (χ0n) is 19.7. The summed E-state index contributed by atoms with van der Waals surface area (Å²) in [5.74, 6) is 0.110. The quantitative estimate of drug-likeness (QED) is 0.536. The maximum Gasteiger partial charge on any atom is 0.308 e. The average molecular weight is 416 g/mol. The van der Waals surface area contributed by atoms with Crippen LogP contribution in [-0.4, -0.2) is 35.7 Å². The maximum atomic E-state index is 12.6. The summed E-state index contributed by atoms with van der Waals surface area (Å²) in [5.41, 5.74) is 2.73. The van der Waals surface area contributed by atoms with Gasteiger partial charge in [-0.1, -0.05) is 65.7 Å². The van der Waals surface area contributed by atoms with E-state index in [2.05, 4.69) is 48.7 Å². The molecule has 6 heteroatoms. The molecule has 3 atom stereocenters. The van der Waals surface area contributed by atoms with Crippen molar-refractivity contribution in [1.29, 1.82) is 0 Å². The summed E-state index contributed by atoms with van der Waals surface area (Å²) in [7, 11) is 0. The van der Waals surface area contributed by atoms with Gasteiger partial charge in [0.15, 0.2) is 0 Å². The molecule has 0 heterocycles. The number of amides is 2. The maximum absolute atomic E-state index is 12.6. The molecule has 0 spiro atoms. The van der Waals surface area contributed by atoms with E-state index in [1.807, 2.05) is 20.8 Å². The summed E-state index contributed by atoms with van der Waals surface area (Å²) in [6, 6.07) is 7.87. The van der Waals surface area contributed by atoms with Crippen LogP contribution in [0.25, 0.3) is 0 Å². The van der Waals surface area contributed by atoms with Crippen LogP contribution < -0.4 is 10.6 Å². The van der Waals surface area contributed by atoms with Crippen LogP contribution >= 0.6 is 0 Å². The molecular weight excluding hydrogens is 375 g/mol. The van der Waals surface area contributed by atoms with Crippen molar-refractivity contribution in [2.24, 2.45) is 11.8 Å². The molecule has 0 radical (unpaired) electrons. The number of hydrogen-bond acceptors (Lipinski definition) is 3. The number of carbonyl (C=O) groups is 2. The second-order valence-electron chi connectivity index (χ2n) is 8.60. The molecule has 2 rings (SSSR count). The van der Waals surface area contributed by atoms with Gasteiger partial charge in [0.2, 0.25) is 11.8 Å². The SMILES string of the molecule is CC.CCC(NC(=O)CC1CCc2ccccc2C1)C(=O)NC(CC(C)C)B(C)O. The van der Waals surface area contributed by atoms with E-state index in [0.717, 1.165) is 19.3 Å². The topological polar surface area (TPSA) is 78.4 Å².